The third-order valence-electron chi connectivity index (χ3n) is 9.16. The van der Waals surface area contributed by atoms with Gasteiger partial charge in [-0.2, -0.15) is 0 Å². The predicted octanol–water partition coefficient (Wildman–Crippen LogP) is 2.15. The molecule has 11 heteroatoms. The summed E-state index contributed by atoms with van der Waals surface area (Å²) in [5.41, 5.74) is 3.15. The number of nitrogens with zero attached hydrogens (tertiary/aromatic N) is 4. The molecule has 214 valence electrons. The minimum absolute atomic E-state index is 0.0699. The summed E-state index contributed by atoms with van der Waals surface area (Å²) >= 11 is 0. The first-order valence-electron chi connectivity index (χ1n) is 13.9. The summed E-state index contributed by atoms with van der Waals surface area (Å²) in [7, 11) is 0. The molecule has 2 aliphatic carbocycles. The van der Waals surface area contributed by atoms with E-state index in [9.17, 15) is 25.6 Å². The van der Waals surface area contributed by atoms with Gasteiger partial charge in [0, 0.05) is 11.6 Å². The maximum absolute atomic E-state index is 10.3. The van der Waals surface area contributed by atoms with Crippen LogP contribution < -0.4 is 4.74 Å². The van der Waals surface area contributed by atoms with Crippen LogP contribution in [0.4, 0.5) is 0 Å². The van der Waals surface area contributed by atoms with E-state index in [0.29, 0.717) is 23.4 Å². The Morgan fingerprint density at radius 1 is 1.21 bits per heavy atom. The average molecular weight is 545 g/mol. The van der Waals surface area contributed by atoms with Gasteiger partial charge in [-0.15, -0.1) is 10.3 Å². The van der Waals surface area contributed by atoms with Crippen molar-refractivity contribution in [3.63, 3.8) is 0 Å². The van der Waals surface area contributed by atoms with Crippen molar-refractivity contribution in [1.29, 1.82) is 0 Å². The van der Waals surface area contributed by atoms with Crippen LogP contribution >= 0.6 is 0 Å². The number of hydrogen-bond donors (Lipinski definition) is 5. The normalized spacial score (nSPS) is 36.5. The maximum atomic E-state index is 10.3. The van der Waals surface area contributed by atoms with Crippen molar-refractivity contribution in [3.8, 4) is 5.75 Å². The molecule has 0 amide bonds. The van der Waals surface area contributed by atoms with E-state index in [4.69, 9.17) is 9.47 Å². The van der Waals surface area contributed by atoms with Crippen molar-refractivity contribution < 1.29 is 35.1 Å². The van der Waals surface area contributed by atoms with Crippen molar-refractivity contribution >= 4 is 6.21 Å². The number of benzene rings is 1. The number of fused-ring (bicyclic) bond motifs is 3. The van der Waals surface area contributed by atoms with E-state index in [1.54, 1.807) is 12.4 Å². The molecule has 5 N–H and O–H groups in total. The van der Waals surface area contributed by atoms with Gasteiger partial charge in [-0.05, 0) is 73.1 Å². The zero-order chi connectivity index (χ0) is 27.7. The number of oxime groups is 1. The number of rotatable bonds is 8. The van der Waals surface area contributed by atoms with Gasteiger partial charge in [-0.1, -0.05) is 31.5 Å². The van der Waals surface area contributed by atoms with E-state index in [1.807, 2.05) is 6.07 Å². The topological polar surface area (TPSA) is 163 Å². The lowest BCUT2D eigenvalue weighted by molar-refractivity contribution is -0.254. The number of hydrogen-bond acceptors (Lipinski definition) is 10. The molecule has 2 fully saturated rings. The molecule has 0 spiro atoms. The Morgan fingerprint density at radius 2 is 2.03 bits per heavy atom. The van der Waals surface area contributed by atoms with Gasteiger partial charge in [-0.25, -0.2) is 4.68 Å². The van der Waals surface area contributed by atoms with Crippen LogP contribution in [0.25, 0.3) is 0 Å². The third-order valence-corrected chi connectivity index (χ3v) is 9.16. The Hall–Kier alpha value is -2.57. The van der Waals surface area contributed by atoms with Crippen LogP contribution in [0.15, 0.2) is 29.6 Å². The van der Waals surface area contributed by atoms with Crippen LogP contribution in [0.2, 0.25) is 0 Å². The Balaban J connectivity index is 1.25. The van der Waals surface area contributed by atoms with Gasteiger partial charge in [0.1, 0.15) is 42.5 Å². The second-order valence-corrected chi connectivity index (χ2v) is 11.6. The van der Waals surface area contributed by atoms with E-state index in [0.717, 1.165) is 44.3 Å². The van der Waals surface area contributed by atoms with Gasteiger partial charge in [0.2, 0.25) is 0 Å². The molecule has 1 aromatic carbocycles. The highest BCUT2D eigenvalue weighted by molar-refractivity contribution is 5.65. The number of aliphatic hydroxyl groups is 4. The van der Waals surface area contributed by atoms with Gasteiger partial charge < -0.3 is 35.1 Å². The van der Waals surface area contributed by atoms with E-state index in [2.05, 4.69) is 41.4 Å². The number of aromatic nitrogens is 3. The lowest BCUT2D eigenvalue weighted by Crippen LogP contribution is -2.56. The zero-order valence-electron chi connectivity index (χ0n) is 22.5. The molecule has 11 nitrogen and oxygen atoms in total. The second-order valence-electron chi connectivity index (χ2n) is 11.6. The second kappa shape index (κ2) is 11.5. The summed E-state index contributed by atoms with van der Waals surface area (Å²) in [6.45, 7) is 4.10. The number of aliphatic hydroxyl groups excluding tert-OH is 4. The van der Waals surface area contributed by atoms with Crippen LogP contribution in [0.3, 0.4) is 0 Å². The molecule has 0 unspecified atom stereocenters. The first-order valence-corrected chi connectivity index (χ1v) is 13.9. The highest BCUT2D eigenvalue weighted by atomic mass is 16.6. The standard InChI is InChI=1S/C28H40N4O7/c1-3-4-22-21-7-5-16-11-18(6-8-19(16)20(21)9-10-28(22,2)15-29-37)38-14-17-12-32(31-30-17)27-26(36)25(35)24(34)23(13-33)39-27/h6,8,11-12,15,20-27,33-37H,3-5,7,9-10,13-14H2,1-2H3/b29-15+/t20-,21-,22+,23-,24-,25+,26-,27-,28-/m1/s1. The smallest absolute Gasteiger partial charge is 0.180 e. The molecule has 9 atom stereocenters. The van der Waals surface area contributed by atoms with Crippen LogP contribution in [0.1, 0.15) is 74.9 Å². The highest BCUT2D eigenvalue weighted by Crippen LogP contribution is 2.55. The fourth-order valence-electron chi connectivity index (χ4n) is 7.10. The lowest BCUT2D eigenvalue weighted by atomic mass is 9.54. The van der Waals surface area contributed by atoms with Crippen molar-refractivity contribution in [2.45, 2.75) is 95.5 Å². The molecule has 1 saturated heterocycles. The summed E-state index contributed by atoms with van der Waals surface area (Å²) < 4.78 is 12.8. The summed E-state index contributed by atoms with van der Waals surface area (Å²) in [5, 5.41) is 60.6. The Morgan fingerprint density at radius 3 is 2.77 bits per heavy atom. The Kier molecular flexibility index (Phi) is 8.25. The van der Waals surface area contributed by atoms with E-state index < -0.39 is 37.3 Å². The molecule has 39 heavy (non-hydrogen) atoms. The predicted molar refractivity (Wildman–Crippen MR) is 140 cm³/mol. The van der Waals surface area contributed by atoms with Gasteiger partial charge in [0.05, 0.1) is 12.8 Å². The fraction of sp³-hybridized carbons (Fsp3) is 0.679. The SMILES string of the molecule is CCC[C@H]1[C@@H]2CCc3cc(OCc4cn([C@@H]5O[C@H](CO)[C@@H](O)[C@H](O)[C@H]5O)nn4)ccc3[C@H]2CC[C@]1(C)/C=N/O. The lowest BCUT2D eigenvalue weighted by Gasteiger charge is -2.50. The number of ether oxygens (including phenoxy) is 2. The maximum Gasteiger partial charge on any atom is 0.180 e. The molecule has 3 aliphatic rings. The first-order chi connectivity index (χ1) is 18.8. The molecular weight excluding hydrogens is 504 g/mol. The van der Waals surface area contributed by atoms with Crippen molar-refractivity contribution in [2.24, 2.45) is 22.4 Å². The molecule has 2 heterocycles. The highest BCUT2D eigenvalue weighted by Gasteiger charge is 2.47. The monoisotopic (exact) mass is 544 g/mol. The van der Waals surface area contributed by atoms with E-state index >= 15 is 0 Å². The van der Waals surface area contributed by atoms with Gasteiger partial charge in [0.25, 0.3) is 0 Å². The Labute approximate surface area is 228 Å². The summed E-state index contributed by atoms with van der Waals surface area (Å²) in [4.78, 5) is 0. The largest absolute Gasteiger partial charge is 0.487 e. The molecule has 1 saturated carbocycles. The average Bonchev–Trinajstić information content (AvgIpc) is 3.41. The summed E-state index contributed by atoms with van der Waals surface area (Å²) in [5.74, 6) is 2.30. The minimum Gasteiger partial charge on any atom is -0.487 e. The molecule has 0 bridgehead atoms. The van der Waals surface area contributed by atoms with Crippen LogP contribution in [-0.4, -0.2) is 77.9 Å². The molecule has 1 aliphatic heterocycles. The van der Waals surface area contributed by atoms with E-state index in [1.165, 1.54) is 15.8 Å². The molecule has 1 aromatic heterocycles. The summed E-state index contributed by atoms with van der Waals surface area (Å²) in [6.07, 6.45) is 3.24. The molecule has 2 aromatic rings. The van der Waals surface area contributed by atoms with Gasteiger partial charge >= 0.3 is 0 Å². The zero-order valence-corrected chi connectivity index (χ0v) is 22.5. The first kappa shape index (κ1) is 28.0. The quantitative estimate of drug-likeness (QED) is 0.190. The summed E-state index contributed by atoms with van der Waals surface area (Å²) in [6, 6.07) is 6.31. The van der Waals surface area contributed by atoms with Crippen molar-refractivity contribution in [2.75, 3.05) is 6.61 Å². The molecular formula is C28H40N4O7. The third kappa shape index (κ3) is 5.30. The fourth-order valence-corrected chi connectivity index (χ4v) is 7.10. The minimum atomic E-state index is -1.49. The van der Waals surface area contributed by atoms with Crippen LogP contribution in [-0.2, 0) is 17.8 Å². The van der Waals surface area contributed by atoms with Gasteiger partial charge in [0.15, 0.2) is 6.23 Å². The molecule has 5 rings (SSSR count). The van der Waals surface area contributed by atoms with E-state index in [-0.39, 0.29) is 12.0 Å². The van der Waals surface area contributed by atoms with Crippen LogP contribution in [0.5, 0.6) is 5.75 Å². The van der Waals surface area contributed by atoms with Crippen molar-refractivity contribution in [3.05, 3.63) is 41.2 Å². The Bertz CT molecular complexity index is 1160. The van der Waals surface area contributed by atoms with Gasteiger partial charge in [-0.3, -0.25) is 0 Å². The number of aryl methyl sites for hydroxylation is 1. The van der Waals surface area contributed by atoms with Crippen LogP contribution in [0, 0.1) is 17.3 Å². The molecule has 0 radical (unpaired) electrons. The van der Waals surface area contributed by atoms with Crippen molar-refractivity contribution in [1.82, 2.24) is 15.0 Å².